The molecule has 0 amide bonds. The molecule has 2 heterocycles. The molecule has 2 aromatic heterocycles. The van der Waals surface area contributed by atoms with E-state index in [1.807, 2.05) is 31.4 Å². The SMILES string of the molecule is Cn1ncc(-c2ccc3ncoc3c2)c1CN. The van der Waals surface area contributed by atoms with Gasteiger partial charge >= 0.3 is 0 Å². The van der Waals surface area contributed by atoms with E-state index in [9.17, 15) is 0 Å². The van der Waals surface area contributed by atoms with Crippen LogP contribution in [0.3, 0.4) is 0 Å². The van der Waals surface area contributed by atoms with Crippen LogP contribution in [0.4, 0.5) is 0 Å². The Morgan fingerprint density at radius 2 is 2.29 bits per heavy atom. The molecule has 0 aliphatic rings. The molecular weight excluding hydrogens is 216 g/mol. The largest absolute Gasteiger partial charge is 0.443 e. The van der Waals surface area contributed by atoms with Gasteiger partial charge in [-0.3, -0.25) is 4.68 Å². The standard InChI is InChI=1S/C12H12N4O/c1-16-11(5-13)9(6-15-16)8-2-3-10-12(4-8)17-7-14-10/h2-4,6-7H,5,13H2,1H3. The summed E-state index contributed by atoms with van der Waals surface area (Å²) in [6, 6.07) is 5.89. The monoisotopic (exact) mass is 228 g/mol. The molecule has 5 nitrogen and oxygen atoms in total. The van der Waals surface area contributed by atoms with E-state index in [1.54, 1.807) is 4.68 Å². The van der Waals surface area contributed by atoms with Crippen LogP contribution in [0.2, 0.25) is 0 Å². The molecule has 17 heavy (non-hydrogen) atoms. The second-order valence-corrected chi connectivity index (χ2v) is 3.87. The fourth-order valence-corrected chi connectivity index (χ4v) is 1.97. The van der Waals surface area contributed by atoms with Crippen molar-refractivity contribution in [1.82, 2.24) is 14.8 Å². The van der Waals surface area contributed by atoms with E-state index in [2.05, 4.69) is 10.1 Å². The molecule has 2 N–H and O–H groups in total. The van der Waals surface area contributed by atoms with Crippen molar-refractivity contribution in [2.75, 3.05) is 0 Å². The molecule has 0 aliphatic carbocycles. The molecule has 0 saturated heterocycles. The lowest BCUT2D eigenvalue weighted by Gasteiger charge is -2.03. The van der Waals surface area contributed by atoms with Gasteiger partial charge < -0.3 is 10.2 Å². The van der Waals surface area contributed by atoms with Crippen molar-refractivity contribution in [2.24, 2.45) is 12.8 Å². The maximum atomic E-state index is 5.73. The number of nitrogens with zero attached hydrogens (tertiary/aromatic N) is 3. The number of fused-ring (bicyclic) bond motifs is 1. The number of hydrogen-bond acceptors (Lipinski definition) is 4. The number of aromatic nitrogens is 3. The minimum atomic E-state index is 0.459. The summed E-state index contributed by atoms with van der Waals surface area (Å²) >= 11 is 0. The zero-order valence-electron chi connectivity index (χ0n) is 9.42. The lowest BCUT2D eigenvalue weighted by Crippen LogP contribution is -2.05. The second-order valence-electron chi connectivity index (χ2n) is 3.87. The number of rotatable bonds is 2. The third kappa shape index (κ3) is 1.52. The summed E-state index contributed by atoms with van der Waals surface area (Å²) < 4.78 is 7.08. The molecule has 0 bridgehead atoms. The summed E-state index contributed by atoms with van der Waals surface area (Å²) in [5.41, 5.74) is 10.4. The average Bonchev–Trinajstić information content (AvgIpc) is 2.93. The molecule has 0 spiro atoms. The first kappa shape index (κ1) is 10.0. The number of aryl methyl sites for hydroxylation is 1. The van der Waals surface area contributed by atoms with Gasteiger partial charge in [0, 0.05) is 19.2 Å². The number of oxazole rings is 1. The Labute approximate surface area is 97.9 Å². The van der Waals surface area contributed by atoms with Crippen LogP contribution in [0.15, 0.2) is 35.2 Å². The van der Waals surface area contributed by atoms with Gasteiger partial charge in [-0.1, -0.05) is 6.07 Å². The van der Waals surface area contributed by atoms with Gasteiger partial charge in [0.2, 0.25) is 0 Å². The fraction of sp³-hybridized carbons (Fsp3) is 0.167. The van der Waals surface area contributed by atoms with E-state index in [0.717, 1.165) is 27.9 Å². The smallest absolute Gasteiger partial charge is 0.181 e. The highest BCUT2D eigenvalue weighted by Gasteiger charge is 2.10. The average molecular weight is 228 g/mol. The van der Waals surface area contributed by atoms with Gasteiger partial charge in [0.15, 0.2) is 12.0 Å². The molecule has 0 unspecified atom stereocenters. The van der Waals surface area contributed by atoms with Crippen LogP contribution in [0.5, 0.6) is 0 Å². The van der Waals surface area contributed by atoms with E-state index in [0.29, 0.717) is 6.54 Å². The van der Waals surface area contributed by atoms with Gasteiger partial charge in [-0.25, -0.2) is 4.98 Å². The Morgan fingerprint density at radius 3 is 3.12 bits per heavy atom. The molecule has 5 heteroatoms. The topological polar surface area (TPSA) is 69.9 Å². The van der Waals surface area contributed by atoms with Gasteiger partial charge in [-0.15, -0.1) is 0 Å². The van der Waals surface area contributed by atoms with Crippen LogP contribution in [-0.4, -0.2) is 14.8 Å². The molecule has 86 valence electrons. The lowest BCUT2D eigenvalue weighted by molar-refractivity contribution is 0.602. The van der Waals surface area contributed by atoms with Gasteiger partial charge in [-0.05, 0) is 17.7 Å². The van der Waals surface area contributed by atoms with E-state index in [-0.39, 0.29) is 0 Å². The number of benzene rings is 1. The summed E-state index contributed by atoms with van der Waals surface area (Å²) in [6.45, 7) is 0.459. The molecular formula is C12H12N4O. The van der Waals surface area contributed by atoms with Crippen LogP contribution < -0.4 is 5.73 Å². The van der Waals surface area contributed by atoms with Crippen LogP contribution in [0.1, 0.15) is 5.69 Å². The van der Waals surface area contributed by atoms with Crippen molar-refractivity contribution in [3.63, 3.8) is 0 Å². The maximum Gasteiger partial charge on any atom is 0.181 e. The predicted molar refractivity (Wildman–Crippen MR) is 64.1 cm³/mol. The fourth-order valence-electron chi connectivity index (χ4n) is 1.97. The summed E-state index contributed by atoms with van der Waals surface area (Å²) in [7, 11) is 1.89. The minimum absolute atomic E-state index is 0.459. The van der Waals surface area contributed by atoms with Crippen LogP contribution in [0.25, 0.3) is 22.2 Å². The van der Waals surface area contributed by atoms with E-state index >= 15 is 0 Å². The van der Waals surface area contributed by atoms with Crippen molar-refractivity contribution in [1.29, 1.82) is 0 Å². The normalized spacial score (nSPS) is 11.2. The van der Waals surface area contributed by atoms with Gasteiger partial charge in [0.05, 0.1) is 11.9 Å². The van der Waals surface area contributed by atoms with Gasteiger partial charge in [0.25, 0.3) is 0 Å². The van der Waals surface area contributed by atoms with E-state index in [4.69, 9.17) is 10.2 Å². The van der Waals surface area contributed by atoms with Gasteiger partial charge in [-0.2, -0.15) is 5.10 Å². The first-order valence-corrected chi connectivity index (χ1v) is 5.34. The molecule has 3 rings (SSSR count). The number of nitrogens with two attached hydrogens (primary N) is 1. The highest BCUT2D eigenvalue weighted by Crippen LogP contribution is 2.26. The van der Waals surface area contributed by atoms with Crippen molar-refractivity contribution >= 4 is 11.1 Å². The molecule has 0 radical (unpaired) electrons. The van der Waals surface area contributed by atoms with Gasteiger partial charge in [0.1, 0.15) is 5.52 Å². The summed E-state index contributed by atoms with van der Waals surface area (Å²) in [6.07, 6.45) is 3.27. The second kappa shape index (κ2) is 3.71. The summed E-state index contributed by atoms with van der Waals surface area (Å²) in [5.74, 6) is 0. The molecule has 0 fully saturated rings. The highest BCUT2D eigenvalue weighted by molar-refractivity contribution is 5.80. The van der Waals surface area contributed by atoms with Crippen molar-refractivity contribution in [3.8, 4) is 11.1 Å². The van der Waals surface area contributed by atoms with Crippen molar-refractivity contribution in [3.05, 3.63) is 36.5 Å². The molecule has 1 aromatic carbocycles. The Kier molecular flexibility index (Phi) is 2.19. The van der Waals surface area contributed by atoms with E-state index in [1.165, 1.54) is 6.39 Å². The predicted octanol–water partition coefficient (Wildman–Crippen LogP) is 1.69. The molecule has 0 aliphatic heterocycles. The van der Waals surface area contributed by atoms with E-state index < -0.39 is 0 Å². The van der Waals surface area contributed by atoms with Crippen molar-refractivity contribution < 1.29 is 4.42 Å². The van der Waals surface area contributed by atoms with Crippen LogP contribution in [0, 0.1) is 0 Å². The summed E-state index contributed by atoms with van der Waals surface area (Å²) in [4.78, 5) is 4.09. The molecule has 0 atom stereocenters. The molecule has 3 aromatic rings. The summed E-state index contributed by atoms with van der Waals surface area (Å²) in [5, 5.41) is 4.22. The first-order valence-electron chi connectivity index (χ1n) is 5.34. The lowest BCUT2D eigenvalue weighted by atomic mass is 10.1. The first-order chi connectivity index (χ1) is 8.29. The Morgan fingerprint density at radius 1 is 1.41 bits per heavy atom. The highest BCUT2D eigenvalue weighted by atomic mass is 16.3. The van der Waals surface area contributed by atoms with Crippen molar-refractivity contribution in [2.45, 2.75) is 6.54 Å². The zero-order valence-corrected chi connectivity index (χ0v) is 9.42. The number of hydrogen-bond donors (Lipinski definition) is 1. The molecule has 0 saturated carbocycles. The third-order valence-corrected chi connectivity index (χ3v) is 2.90. The maximum absolute atomic E-state index is 5.73. The Hall–Kier alpha value is -2.14. The Balaban J connectivity index is 2.19. The third-order valence-electron chi connectivity index (χ3n) is 2.90. The quantitative estimate of drug-likeness (QED) is 0.724. The Bertz CT molecular complexity index is 668. The van der Waals surface area contributed by atoms with Crippen LogP contribution in [-0.2, 0) is 13.6 Å². The minimum Gasteiger partial charge on any atom is -0.443 e. The zero-order chi connectivity index (χ0) is 11.8. The van der Waals surface area contributed by atoms with Crippen LogP contribution >= 0.6 is 0 Å².